The Hall–Kier alpha value is -1.43. The van der Waals surface area contributed by atoms with E-state index in [1.807, 2.05) is 6.92 Å². The number of ether oxygens (including phenoxy) is 1. The van der Waals surface area contributed by atoms with Crippen molar-refractivity contribution in [2.75, 3.05) is 30.3 Å². The summed E-state index contributed by atoms with van der Waals surface area (Å²) in [5.74, 6) is -1.25. The molecule has 100 valence electrons. The standard InChI is InChI=1S/C12H17F2N3O/c1-2-15-11-9(13)6-10(14)12(17-11)16-7-8-4-3-5-18-8/h6,8H,2-5,7H2,1H3,(H2,15,16,17). The lowest BCUT2D eigenvalue weighted by Crippen LogP contribution is -2.20. The van der Waals surface area contributed by atoms with E-state index in [2.05, 4.69) is 15.6 Å². The van der Waals surface area contributed by atoms with Crippen LogP contribution in [0.1, 0.15) is 19.8 Å². The van der Waals surface area contributed by atoms with Gasteiger partial charge in [0, 0.05) is 25.8 Å². The summed E-state index contributed by atoms with van der Waals surface area (Å²) in [5.41, 5.74) is 0. The second-order valence-electron chi connectivity index (χ2n) is 4.20. The number of hydrogen-bond acceptors (Lipinski definition) is 4. The highest BCUT2D eigenvalue weighted by atomic mass is 19.1. The van der Waals surface area contributed by atoms with Crippen LogP contribution >= 0.6 is 0 Å². The molecule has 0 saturated carbocycles. The molecule has 1 unspecified atom stereocenters. The van der Waals surface area contributed by atoms with Crippen molar-refractivity contribution < 1.29 is 13.5 Å². The molecule has 1 saturated heterocycles. The lowest BCUT2D eigenvalue weighted by atomic mass is 10.2. The molecule has 2 heterocycles. The maximum absolute atomic E-state index is 13.5. The molecule has 0 bridgehead atoms. The van der Waals surface area contributed by atoms with Crippen molar-refractivity contribution in [1.82, 2.24) is 4.98 Å². The summed E-state index contributed by atoms with van der Waals surface area (Å²) >= 11 is 0. The van der Waals surface area contributed by atoms with E-state index in [-0.39, 0.29) is 17.7 Å². The third-order valence-electron chi connectivity index (χ3n) is 2.79. The van der Waals surface area contributed by atoms with Crippen molar-refractivity contribution in [3.05, 3.63) is 17.7 Å². The molecule has 6 heteroatoms. The Morgan fingerprint density at radius 2 is 2.06 bits per heavy atom. The number of halogens is 2. The van der Waals surface area contributed by atoms with Gasteiger partial charge in [-0.1, -0.05) is 0 Å². The number of pyridine rings is 1. The summed E-state index contributed by atoms with van der Waals surface area (Å²) in [6.45, 7) is 3.58. The maximum atomic E-state index is 13.5. The van der Waals surface area contributed by atoms with Crippen molar-refractivity contribution in [1.29, 1.82) is 0 Å². The van der Waals surface area contributed by atoms with Crippen molar-refractivity contribution in [2.24, 2.45) is 0 Å². The number of rotatable bonds is 5. The molecule has 18 heavy (non-hydrogen) atoms. The van der Waals surface area contributed by atoms with Crippen molar-refractivity contribution in [3.63, 3.8) is 0 Å². The molecule has 1 aliphatic heterocycles. The van der Waals surface area contributed by atoms with Gasteiger partial charge in [-0.25, -0.2) is 13.8 Å². The highest BCUT2D eigenvalue weighted by Crippen LogP contribution is 2.20. The summed E-state index contributed by atoms with van der Waals surface area (Å²) in [5, 5.41) is 5.61. The minimum absolute atomic E-state index is 0.0582. The van der Waals surface area contributed by atoms with Gasteiger partial charge in [0.05, 0.1) is 6.10 Å². The monoisotopic (exact) mass is 257 g/mol. The largest absolute Gasteiger partial charge is 0.376 e. The number of anilines is 2. The first-order chi connectivity index (χ1) is 8.70. The van der Waals surface area contributed by atoms with Crippen LogP contribution in [0.5, 0.6) is 0 Å². The molecule has 1 atom stereocenters. The van der Waals surface area contributed by atoms with Crippen LogP contribution in [0.2, 0.25) is 0 Å². The van der Waals surface area contributed by atoms with Gasteiger partial charge in [-0.15, -0.1) is 0 Å². The lowest BCUT2D eigenvalue weighted by molar-refractivity contribution is 0.120. The molecule has 1 aromatic rings. The predicted octanol–water partition coefficient (Wildman–Crippen LogP) is 2.38. The van der Waals surface area contributed by atoms with E-state index in [0.717, 1.165) is 25.5 Å². The molecule has 1 fully saturated rings. The second kappa shape index (κ2) is 5.95. The van der Waals surface area contributed by atoms with E-state index < -0.39 is 11.6 Å². The quantitative estimate of drug-likeness (QED) is 0.850. The van der Waals surface area contributed by atoms with Crippen molar-refractivity contribution in [3.8, 4) is 0 Å². The first-order valence-electron chi connectivity index (χ1n) is 6.16. The Labute approximate surface area is 105 Å². The molecular weight excluding hydrogens is 240 g/mol. The van der Waals surface area contributed by atoms with E-state index in [1.54, 1.807) is 0 Å². The zero-order chi connectivity index (χ0) is 13.0. The van der Waals surface area contributed by atoms with Crippen molar-refractivity contribution in [2.45, 2.75) is 25.9 Å². The van der Waals surface area contributed by atoms with E-state index in [0.29, 0.717) is 13.1 Å². The van der Waals surface area contributed by atoms with Gasteiger partial charge < -0.3 is 15.4 Å². The fraction of sp³-hybridized carbons (Fsp3) is 0.583. The van der Waals surface area contributed by atoms with Crippen LogP contribution < -0.4 is 10.6 Å². The Morgan fingerprint density at radius 3 is 2.67 bits per heavy atom. The molecule has 0 amide bonds. The molecule has 1 aromatic heterocycles. The molecule has 1 aliphatic rings. The van der Waals surface area contributed by atoms with Crippen molar-refractivity contribution >= 4 is 11.6 Å². The fourth-order valence-electron chi connectivity index (χ4n) is 1.90. The summed E-state index contributed by atoms with van der Waals surface area (Å²) in [4.78, 5) is 3.89. The van der Waals surface area contributed by atoms with Gasteiger partial charge in [-0.2, -0.15) is 0 Å². The maximum Gasteiger partial charge on any atom is 0.168 e. The zero-order valence-electron chi connectivity index (χ0n) is 10.3. The SMILES string of the molecule is CCNc1nc(NCC2CCCO2)c(F)cc1F. The predicted molar refractivity (Wildman–Crippen MR) is 65.8 cm³/mol. The fourth-order valence-corrected chi connectivity index (χ4v) is 1.90. The topological polar surface area (TPSA) is 46.2 Å². The summed E-state index contributed by atoms with van der Waals surface area (Å²) < 4.78 is 32.3. The van der Waals surface area contributed by atoms with Gasteiger partial charge >= 0.3 is 0 Å². The Bertz CT molecular complexity index is 409. The molecular formula is C12H17F2N3O. The number of nitrogens with one attached hydrogen (secondary N) is 2. The van der Waals surface area contributed by atoms with Crippen LogP contribution in [-0.4, -0.2) is 30.8 Å². The van der Waals surface area contributed by atoms with Gasteiger partial charge in [0.2, 0.25) is 0 Å². The van der Waals surface area contributed by atoms with E-state index in [9.17, 15) is 8.78 Å². The Balaban J connectivity index is 2.03. The highest BCUT2D eigenvalue weighted by Gasteiger charge is 2.17. The van der Waals surface area contributed by atoms with Gasteiger partial charge in [-0.3, -0.25) is 0 Å². The minimum atomic E-state index is -0.688. The van der Waals surface area contributed by atoms with E-state index in [1.165, 1.54) is 0 Å². The first-order valence-corrected chi connectivity index (χ1v) is 6.16. The van der Waals surface area contributed by atoms with Gasteiger partial charge in [0.1, 0.15) is 0 Å². The van der Waals surface area contributed by atoms with Crippen LogP contribution in [0.3, 0.4) is 0 Å². The van der Waals surface area contributed by atoms with Crippen LogP contribution in [0, 0.1) is 11.6 Å². The third kappa shape index (κ3) is 3.07. The Kier molecular flexibility index (Phi) is 4.30. The van der Waals surface area contributed by atoms with Crippen LogP contribution in [0.15, 0.2) is 6.07 Å². The summed E-state index contributed by atoms with van der Waals surface area (Å²) in [6, 6.07) is 0.836. The average molecular weight is 257 g/mol. The molecule has 2 N–H and O–H groups in total. The summed E-state index contributed by atoms with van der Waals surface area (Å²) in [6.07, 6.45) is 2.06. The van der Waals surface area contributed by atoms with Crippen LogP contribution in [-0.2, 0) is 4.74 Å². The van der Waals surface area contributed by atoms with Gasteiger partial charge in [0.25, 0.3) is 0 Å². The molecule has 0 spiro atoms. The van der Waals surface area contributed by atoms with Crippen LogP contribution in [0.25, 0.3) is 0 Å². The normalized spacial score (nSPS) is 18.9. The number of aromatic nitrogens is 1. The van der Waals surface area contributed by atoms with Gasteiger partial charge in [0.15, 0.2) is 23.3 Å². The van der Waals surface area contributed by atoms with Gasteiger partial charge in [-0.05, 0) is 19.8 Å². The first kappa shape index (κ1) is 13.0. The smallest absolute Gasteiger partial charge is 0.168 e. The zero-order valence-corrected chi connectivity index (χ0v) is 10.3. The molecule has 0 aromatic carbocycles. The number of nitrogens with zero attached hydrogens (tertiary/aromatic N) is 1. The molecule has 0 aliphatic carbocycles. The summed E-state index contributed by atoms with van der Waals surface area (Å²) in [7, 11) is 0. The molecule has 0 radical (unpaired) electrons. The minimum Gasteiger partial charge on any atom is -0.376 e. The molecule has 2 rings (SSSR count). The van der Waals surface area contributed by atoms with E-state index >= 15 is 0 Å². The van der Waals surface area contributed by atoms with Crippen LogP contribution in [0.4, 0.5) is 20.4 Å². The second-order valence-corrected chi connectivity index (χ2v) is 4.20. The van der Waals surface area contributed by atoms with E-state index in [4.69, 9.17) is 4.74 Å². The lowest BCUT2D eigenvalue weighted by Gasteiger charge is -2.13. The Morgan fingerprint density at radius 1 is 1.33 bits per heavy atom. The number of hydrogen-bond donors (Lipinski definition) is 2. The third-order valence-corrected chi connectivity index (χ3v) is 2.79. The molecule has 4 nitrogen and oxygen atoms in total. The highest BCUT2D eigenvalue weighted by molar-refractivity contribution is 5.47. The average Bonchev–Trinajstić information content (AvgIpc) is 2.84.